The highest BCUT2D eigenvalue weighted by molar-refractivity contribution is 5.99. The van der Waals surface area contributed by atoms with Crippen LogP contribution in [0.3, 0.4) is 0 Å². The number of alkyl carbamates (subject to hydrolysis) is 1. The molecule has 9 nitrogen and oxygen atoms in total. The molecule has 3 aromatic rings. The van der Waals surface area contributed by atoms with E-state index >= 15 is 0 Å². The Hall–Kier alpha value is -4.53. The monoisotopic (exact) mass is 603 g/mol. The summed E-state index contributed by atoms with van der Waals surface area (Å²) in [5.41, 5.74) is 0.830. The number of aromatic hydroxyl groups is 1. The first-order chi connectivity index (χ1) is 21.0. The summed E-state index contributed by atoms with van der Waals surface area (Å²) < 4.78 is 10.7. The Balaban J connectivity index is 2.06. The van der Waals surface area contributed by atoms with E-state index in [-0.39, 0.29) is 24.3 Å². The number of methoxy groups -OCH3 is 1. The average molecular weight is 604 g/mol. The van der Waals surface area contributed by atoms with Gasteiger partial charge in [-0.05, 0) is 63.1 Å². The van der Waals surface area contributed by atoms with Gasteiger partial charge in [0, 0.05) is 24.2 Å². The first kappa shape index (κ1) is 34.0. The number of carbonyl (C=O) groups is 3. The number of hydrogen-bond donors (Lipinski definition) is 3. The molecule has 0 saturated carbocycles. The number of hydrogen-bond acceptors (Lipinski definition) is 6. The quantitative estimate of drug-likeness (QED) is 0.178. The fourth-order valence-corrected chi connectivity index (χ4v) is 4.83. The molecule has 0 fully saturated rings. The van der Waals surface area contributed by atoms with Crippen LogP contribution in [0.5, 0.6) is 11.5 Å². The van der Waals surface area contributed by atoms with Crippen molar-refractivity contribution in [1.82, 2.24) is 10.2 Å². The maximum atomic E-state index is 14.6. The molecule has 3 amide bonds. The molecule has 0 bridgehead atoms. The van der Waals surface area contributed by atoms with Crippen molar-refractivity contribution in [3.8, 4) is 11.5 Å². The van der Waals surface area contributed by atoms with Crippen molar-refractivity contribution in [2.45, 2.75) is 77.5 Å². The van der Waals surface area contributed by atoms with Crippen molar-refractivity contribution >= 4 is 23.6 Å². The Morgan fingerprint density at radius 3 is 2.16 bits per heavy atom. The highest BCUT2D eigenvalue weighted by Gasteiger charge is 2.37. The lowest BCUT2D eigenvalue weighted by molar-refractivity contribution is -0.141. The third-order valence-electron chi connectivity index (χ3n) is 6.96. The van der Waals surface area contributed by atoms with Gasteiger partial charge in [-0.25, -0.2) is 4.79 Å². The third-order valence-corrected chi connectivity index (χ3v) is 6.96. The predicted octanol–water partition coefficient (Wildman–Crippen LogP) is 6.63. The lowest BCUT2D eigenvalue weighted by atomic mass is 9.99. The van der Waals surface area contributed by atoms with Gasteiger partial charge in [0.2, 0.25) is 5.91 Å². The second kappa shape index (κ2) is 16.4. The van der Waals surface area contributed by atoms with Gasteiger partial charge in [0.15, 0.2) is 0 Å². The van der Waals surface area contributed by atoms with Crippen LogP contribution in [0.25, 0.3) is 0 Å². The van der Waals surface area contributed by atoms with E-state index in [1.165, 1.54) is 11.0 Å². The molecule has 44 heavy (non-hydrogen) atoms. The first-order valence-corrected chi connectivity index (χ1v) is 15.1. The Morgan fingerprint density at radius 2 is 1.55 bits per heavy atom. The molecule has 0 aliphatic rings. The van der Waals surface area contributed by atoms with Crippen LogP contribution in [0.1, 0.15) is 70.5 Å². The van der Waals surface area contributed by atoms with Crippen LogP contribution in [0.2, 0.25) is 0 Å². The number of anilines is 1. The number of amides is 3. The Morgan fingerprint density at radius 1 is 0.886 bits per heavy atom. The van der Waals surface area contributed by atoms with Crippen molar-refractivity contribution in [3.63, 3.8) is 0 Å². The van der Waals surface area contributed by atoms with Crippen LogP contribution in [-0.2, 0) is 20.7 Å². The van der Waals surface area contributed by atoms with E-state index in [0.717, 1.165) is 24.8 Å². The van der Waals surface area contributed by atoms with Gasteiger partial charge >= 0.3 is 6.09 Å². The minimum atomic E-state index is -1.19. The number of nitrogens with zero attached hydrogens (tertiary/aromatic N) is 1. The SMILES string of the molecule is CCCCCCN(C(=O)C(Cc1ccccc1)NC(=O)OC(C)(C)C)C(C(=O)Nc1ccc(OC)cc1)c1ccccc1O. The molecule has 2 unspecified atom stereocenters. The van der Waals surface area contributed by atoms with E-state index in [1.54, 1.807) is 70.3 Å². The number of phenols is 1. The normalized spacial score (nSPS) is 12.5. The number of ether oxygens (including phenoxy) is 2. The molecule has 3 rings (SSSR count). The summed E-state index contributed by atoms with van der Waals surface area (Å²) in [6, 6.07) is 20.5. The predicted molar refractivity (Wildman–Crippen MR) is 172 cm³/mol. The summed E-state index contributed by atoms with van der Waals surface area (Å²) in [5, 5.41) is 16.6. The fourth-order valence-electron chi connectivity index (χ4n) is 4.83. The average Bonchev–Trinajstić information content (AvgIpc) is 2.98. The van der Waals surface area contributed by atoms with Crippen LogP contribution >= 0.6 is 0 Å². The molecule has 0 aromatic heterocycles. The molecular weight excluding hydrogens is 558 g/mol. The third kappa shape index (κ3) is 10.3. The summed E-state index contributed by atoms with van der Waals surface area (Å²) in [4.78, 5) is 43.1. The summed E-state index contributed by atoms with van der Waals surface area (Å²) in [7, 11) is 1.56. The number of benzene rings is 3. The van der Waals surface area contributed by atoms with E-state index in [4.69, 9.17) is 9.47 Å². The second-order valence-corrected chi connectivity index (χ2v) is 11.7. The molecule has 3 N–H and O–H groups in total. The summed E-state index contributed by atoms with van der Waals surface area (Å²) >= 11 is 0. The molecule has 3 aromatic carbocycles. The standard InChI is InChI=1S/C35H45N3O6/c1-6-7-8-14-23-38(33(41)29(24-25-15-10-9-11-16-25)37-34(42)44-35(2,3)4)31(28-17-12-13-18-30(28)39)32(40)36-26-19-21-27(43-5)22-20-26/h9-13,15-22,29,31,39H,6-8,14,23-24H2,1-5H3,(H,36,40)(H,37,42). The van der Waals surface area contributed by atoms with Gasteiger partial charge in [0.1, 0.15) is 29.2 Å². The zero-order valence-electron chi connectivity index (χ0n) is 26.3. The van der Waals surface area contributed by atoms with E-state index in [2.05, 4.69) is 17.6 Å². The molecule has 0 spiro atoms. The lowest BCUT2D eigenvalue weighted by Gasteiger charge is -2.35. The molecule has 2 atom stereocenters. The van der Waals surface area contributed by atoms with E-state index in [0.29, 0.717) is 17.9 Å². The van der Waals surface area contributed by atoms with Gasteiger partial charge < -0.3 is 30.1 Å². The fraction of sp³-hybridized carbons (Fsp3) is 0.400. The molecule has 0 heterocycles. The van der Waals surface area contributed by atoms with Gasteiger partial charge in [0.25, 0.3) is 5.91 Å². The summed E-state index contributed by atoms with van der Waals surface area (Å²) in [6.07, 6.45) is 2.87. The number of carbonyl (C=O) groups excluding carboxylic acids is 3. The van der Waals surface area contributed by atoms with Crippen molar-refractivity contribution in [3.05, 3.63) is 90.0 Å². The van der Waals surface area contributed by atoms with Crippen LogP contribution in [0.4, 0.5) is 10.5 Å². The maximum absolute atomic E-state index is 14.6. The van der Waals surface area contributed by atoms with Gasteiger partial charge in [-0.15, -0.1) is 0 Å². The molecule has 0 radical (unpaired) electrons. The Bertz CT molecular complexity index is 1350. The summed E-state index contributed by atoms with van der Waals surface area (Å²) in [6.45, 7) is 7.57. The van der Waals surface area contributed by atoms with Crippen LogP contribution < -0.4 is 15.4 Å². The van der Waals surface area contributed by atoms with Gasteiger partial charge in [-0.2, -0.15) is 0 Å². The van der Waals surface area contributed by atoms with Crippen LogP contribution in [0, 0.1) is 0 Å². The van der Waals surface area contributed by atoms with Gasteiger partial charge in [-0.1, -0.05) is 74.7 Å². The highest BCUT2D eigenvalue weighted by Crippen LogP contribution is 2.31. The minimum absolute atomic E-state index is 0.117. The number of nitrogens with one attached hydrogen (secondary N) is 2. The van der Waals surface area contributed by atoms with Crippen molar-refractivity contribution in [1.29, 1.82) is 0 Å². The molecule has 0 aliphatic heterocycles. The number of phenolic OH excluding ortho intramolecular Hbond substituents is 1. The number of unbranched alkanes of at least 4 members (excludes halogenated alkanes) is 3. The molecule has 9 heteroatoms. The van der Waals surface area contributed by atoms with Crippen LogP contribution in [-0.4, -0.2) is 53.2 Å². The smallest absolute Gasteiger partial charge is 0.408 e. The zero-order chi connectivity index (χ0) is 32.1. The van der Waals surface area contributed by atoms with Crippen molar-refractivity contribution in [2.24, 2.45) is 0 Å². The number of rotatable bonds is 14. The largest absolute Gasteiger partial charge is 0.508 e. The molecule has 236 valence electrons. The molecule has 0 saturated heterocycles. The topological polar surface area (TPSA) is 117 Å². The minimum Gasteiger partial charge on any atom is -0.508 e. The zero-order valence-corrected chi connectivity index (χ0v) is 26.3. The van der Waals surface area contributed by atoms with E-state index in [9.17, 15) is 19.5 Å². The van der Waals surface area contributed by atoms with Gasteiger partial charge in [-0.3, -0.25) is 9.59 Å². The second-order valence-electron chi connectivity index (χ2n) is 11.7. The maximum Gasteiger partial charge on any atom is 0.408 e. The Labute approximate surface area is 260 Å². The number of para-hydroxylation sites is 1. The van der Waals surface area contributed by atoms with Crippen LogP contribution in [0.15, 0.2) is 78.9 Å². The van der Waals surface area contributed by atoms with Crippen molar-refractivity contribution < 1.29 is 29.0 Å². The summed E-state index contributed by atoms with van der Waals surface area (Å²) in [5.74, 6) is -0.455. The van der Waals surface area contributed by atoms with E-state index in [1.807, 2.05) is 30.3 Å². The molecule has 0 aliphatic carbocycles. The van der Waals surface area contributed by atoms with Gasteiger partial charge in [0.05, 0.1) is 7.11 Å². The van der Waals surface area contributed by atoms with Crippen molar-refractivity contribution in [2.75, 3.05) is 19.0 Å². The molecular formula is C35H45N3O6. The highest BCUT2D eigenvalue weighted by atomic mass is 16.6. The first-order valence-electron chi connectivity index (χ1n) is 15.1. The van der Waals surface area contributed by atoms with E-state index < -0.39 is 35.6 Å². The lowest BCUT2D eigenvalue weighted by Crippen LogP contribution is -2.53. The Kier molecular flexibility index (Phi) is 12.6.